The molecule has 0 fully saturated rings. The molecule has 0 unspecified atom stereocenters. The van der Waals surface area contributed by atoms with Crippen LogP contribution in [-0.2, 0) is 25.2 Å². The molecule has 0 aliphatic rings. The molecule has 0 aliphatic heterocycles. The molecule has 6 N–H and O–H groups in total. The van der Waals surface area contributed by atoms with Gasteiger partial charge in [-0.3, -0.25) is 9.59 Å². The number of carboxylic acid groups (broad SMARTS) is 2. The predicted molar refractivity (Wildman–Crippen MR) is 143 cm³/mol. The highest BCUT2D eigenvalue weighted by Crippen LogP contribution is 2.39. The molecule has 4 aromatic rings. The summed E-state index contributed by atoms with van der Waals surface area (Å²) in [6.45, 7) is 0. The van der Waals surface area contributed by atoms with Gasteiger partial charge in [0.1, 0.15) is 0 Å². The van der Waals surface area contributed by atoms with Gasteiger partial charge < -0.3 is 21.7 Å². The molecule has 0 radical (unpaired) electrons. The summed E-state index contributed by atoms with van der Waals surface area (Å²) in [5.74, 6) is -5.82. The van der Waals surface area contributed by atoms with Crippen molar-refractivity contribution in [3.8, 4) is 0 Å². The van der Waals surface area contributed by atoms with Crippen LogP contribution in [0.3, 0.4) is 0 Å². The Hall–Kier alpha value is -5.40. The molecule has 0 aliphatic carbocycles. The molecule has 0 saturated heterocycles. The monoisotopic (exact) mass is 618 g/mol. The number of hydrogen-bond donors (Lipinski definition) is 4. The Balaban J connectivity index is 2.15. The third-order valence-corrected chi connectivity index (χ3v) is 6.95. The number of hydrogen-bond acceptors (Lipinski definition) is 4. The number of alkyl halides is 6. The second-order valence-electron chi connectivity index (χ2n) is 9.70. The first-order valence-electron chi connectivity index (χ1n) is 12.4. The van der Waals surface area contributed by atoms with Crippen LogP contribution in [-0.4, -0.2) is 34.0 Å². The second kappa shape index (κ2) is 11.4. The molecule has 0 atom stereocenters. The Bertz CT molecular complexity index is 1700. The Morgan fingerprint density at radius 3 is 1.07 bits per heavy atom. The van der Waals surface area contributed by atoms with Crippen LogP contribution in [0.25, 0.3) is 10.8 Å². The fourth-order valence-corrected chi connectivity index (χ4v) is 5.05. The zero-order valence-electron chi connectivity index (χ0n) is 22.1. The van der Waals surface area contributed by atoms with Gasteiger partial charge in [-0.05, 0) is 71.5 Å². The Morgan fingerprint density at radius 2 is 0.841 bits per heavy atom. The van der Waals surface area contributed by atoms with Gasteiger partial charge in [-0.1, -0.05) is 24.3 Å². The van der Waals surface area contributed by atoms with Crippen molar-refractivity contribution in [3.05, 3.63) is 116 Å². The van der Waals surface area contributed by atoms with Crippen LogP contribution in [0.2, 0.25) is 0 Å². The van der Waals surface area contributed by atoms with Gasteiger partial charge >= 0.3 is 24.3 Å². The Morgan fingerprint density at radius 1 is 0.545 bits per heavy atom. The third-order valence-electron chi connectivity index (χ3n) is 6.95. The van der Waals surface area contributed by atoms with Gasteiger partial charge in [0.15, 0.2) is 0 Å². The summed E-state index contributed by atoms with van der Waals surface area (Å²) >= 11 is 0. The van der Waals surface area contributed by atoms with Crippen LogP contribution in [0.5, 0.6) is 0 Å². The number of aromatic carboxylic acids is 2. The van der Waals surface area contributed by atoms with Crippen molar-refractivity contribution in [2.75, 3.05) is 0 Å². The first-order valence-corrected chi connectivity index (χ1v) is 12.4. The molecule has 4 aromatic carbocycles. The highest BCUT2D eigenvalue weighted by atomic mass is 19.4. The number of primary amides is 2. The summed E-state index contributed by atoms with van der Waals surface area (Å²) in [5.41, 5.74) is 6.95. The van der Waals surface area contributed by atoms with Gasteiger partial charge in [0, 0.05) is 10.8 Å². The number of carbonyl (C=O) groups excluding carboxylic acids is 2. The number of carbonyl (C=O) groups is 4. The largest absolute Gasteiger partial charge is 0.478 e. The van der Waals surface area contributed by atoms with E-state index in [1.807, 2.05) is 0 Å². The maximum absolute atomic E-state index is 13.2. The lowest BCUT2D eigenvalue weighted by atomic mass is 9.80. The summed E-state index contributed by atoms with van der Waals surface area (Å²) in [6.07, 6.45) is -10.2. The topological polar surface area (TPSA) is 161 Å². The lowest BCUT2D eigenvalue weighted by molar-refractivity contribution is -0.138. The average Bonchev–Trinajstić information content (AvgIpc) is 2.91. The minimum absolute atomic E-state index is 0.134. The van der Waals surface area contributed by atoms with Crippen molar-refractivity contribution in [2.45, 2.75) is 25.2 Å². The van der Waals surface area contributed by atoms with E-state index in [0.717, 1.165) is 60.7 Å². The van der Waals surface area contributed by atoms with Crippen molar-refractivity contribution in [3.63, 3.8) is 0 Å². The van der Waals surface area contributed by atoms with E-state index < -0.39 is 93.1 Å². The Kier molecular flexibility index (Phi) is 8.14. The van der Waals surface area contributed by atoms with Crippen molar-refractivity contribution >= 4 is 34.5 Å². The molecule has 2 amide bonds. The van der Waals surface area contributed by atoms with E-state index in [1.165, 1.54) is 0 Å². The molecule has 8 nitrogen and oxygen atoms in total. The number of fused-ring (bicyclic) bond motifs is 1. The first-order chi connectivity index (χ1) is 20.4. The van der Waals surface area contributed by atoms with Gasteiger partial charge in [0.05, 0.1) is 33.4 Å². The van der Waals surface area contributed by atoms with Gasteiger partial charge in [0.2, 0.25) is 11.8 Å². The van der Waals surface area contributed by atoms with E-state index in [4.69, 9.17) is 11.5 Å². The predicted octanol–water partition coefficient (Wildman–Crippen LogP) is 5.65. The minimum atomic E-state index is -4.68. The van der Waals surface area contributed by atoms with Crippen molar-refractivity contribution in [1.82, 2.24) is 0 Å². The zero-order chi connectivity index (χ0) is 32.7. The highest BCUT2D eigenvalue weighted by Gasteiger charge is 2.33. The standard InChI is InChI=1S/C30H20F6N2O6/c31-29(32,33)15-5-1-13(2-6-15)11-19-20(12-14-3-7-16(8-4-14)30(34,35)36)24(26(38)40)22-18(28(43)44)10-9-17(27(41)42)21(22)23(19)25(37)39/h1-10H,11-12H2,(H2,37,39)(H2,38,40)(H,41,42)(H,43,44). The van der Waals surface area contributed by atoms with E-state index in [2.05, 4.69) is 0 Å². The summed E-state index contributed by atoms with van der Waals surface area (Å²) in [7, 11) is 0. The van der Waals surface area contributed by atoms with E-state index in [1.54, 1.807) is 0 Å². The van der Waals surface area contributed by atoms with E-state index in [-0.39, 0.29) is 22.3 Å². The van der Waals surface area contributed by atoms with Crippen molar-refractivity contribution in [2.24, 2.45) is 11.5 Å². The lowest BCUT2D eigenvalue weighted by Gasteiger charge is -2.23. The van der Waals surface area contributed by atoms with E-state index in [9.17, 15) is 55.7 Å². The van der Waals surface area contributed by atoms with Crippen LogP contribution in [0, 0.1) is 0 Å². The first kappa shape index (κ1) is 31.5. The molecule has 4 rings (SSSR count). The molecule has 0 bridgehead atoms. The number of rotatable bonds is 8. The quantitative estimate of drug-likeness (QED) is 0.187. The molecular formula is C30H20F6N2O6. The molecule has 0 spiro atoms. The molecule has 14 heteroatoms. The van der Waals surface area contributed by atoms with Crippen LogP contribution >= 0.6 is 0 Å². The highest BCUT2D eigenvalue weighted by molar-refractivity contribution is 6.24. The number of nitrogens with two attached hydrogens (primary N) is 2. The molecular weight excluding hydrogens is 598 g/mol. The SMILES string of the molecule is NC(=O)c1c(Cc2ccc(C(F)(F)F)cc2)c(Cc2ccc(C(F)(F)F)cc2)c(C(N)=O)c2c(C(=O)O)ccc(C(=O)O)c12. The average molecular weight is 618 g/mol. The lowest BCUT2D eigenvalue weighted by Crippen LogP contribution is -2.24. The minimum Gasteiger partial charge on any atom is -0.478 e. The van der Waals surface area contributed by atoms with Crippen molar-refractivity contribution in [1.29, 1.82) is 0 Å². The summed E-state index contributed by atoms with van der Waals surface area (Å²) in [5, 5.41) is 18.7. The molecule has 0 saturated carbocycles. The van der Waals surface area contributed by atoms with E-state index >= 15 is 0 Å². The Labute approximate surface area is 243 Å². The number of benzene rings is 4. The maximum atomic E-state index is 13.2. The number of halogens is 6. The summed E-state index contributed by atoms with van der Waals surface area (Å²) in [4.78, 5) is 50.5. The summed E-state index contributed by atoms with van der Waals surface area (Å²) in [6, 6.07) is 9.00. The molecule has 0 heterocycles. The van der Waals surface area contributed by atoms with Crippen LogP contribution in [0.4, 0.5) is 26.3 Å². The second-order valence-corrected chi connectivity index (χ2v) is 9.70. The zero-order valence-corrected chi connectivity index (χ0v) is 22.1. The fourth-order valence-electron chi connectivity index (χ4n) is 5.05. The normalized spacial score (nSPS) is 11.9. The van der Waals surface area contributed by atoms with Gasteiger partial charge in [0.25, 0.3) is 0 Å². The maximum Gasteiger partial charge on any atom is 0.416 e. The third kappa shape index (κ3) is 6.04. The van der Waals surface area contributed by atoms with Crippen LogP contribution < -0.4 is 11.5 Å². The van der Waals surface area contributed by atoms with Crippen LogP contribution in [0.1, 0.15) is 74.8 Å². The molecule has 228 valence electrons. The van der Waals surface area contributed by atoms with Gasteiger partial charge in [-0.2, -0.15) is 26.3 Å². The smallest absolute Gasteiger partial charge is 0.416 e. The summed E-state index contributed by atoms with van der Waals surface area (Å²) < 4.78 is 79.1. The number of amides is 2. The van der Waals surface area contributed by atoms with Gasteiger partial charge in [-0.25, -0.2) is 9.59 Å². The van der Waals surface area contributed by atoms with Gasteiger partial charge in [-0.15, -0.1) is 0 Å². The van der Waals surface area contributed by atoms with Crippen molar-refractivity contribution < 1.29 is 55.7 Å². The van der Waals surface area contributed by atoms with E-state index in [0.29, 0.717) is 0 Å². The molecule has 44 heavy (non-hydrogen) atoms. The van der Waals surface area contributed by atoms with Crippen LogP contribution in [0.15, 0.2) is 60.7 Å². The molecule has 0 aromatic heterocycles. The number of carboxylic acids is 2. The fraction of sp³-hybridized carbons (Fsp3) is 0.133.